The molecule has 2 rings (SSSR count). The molecule has 0 aromatic heterocycles. The number of hydrogen-bond donors (Lipinski definition) is 3. The maximum atomic E-state index is 11.4. The summed E-state index contributed by atoms with van der Waals surface area (Å²) in [6, 6.07) is 6.83. The highest BCUT2D eigenvalue weighted by atomic mass is 32.2. The fraction of sp³-hybridized carbons (Fsp3) is 0. The van der Waals surface area contributed by atoms with Crippen molar-refractivity contribution >= 4 is 36.7 Å². The van der Waals surface area contributed by atoms with E-state index < -0.39 is 35.7 Å². The van der Waals surface area contributed by atoms with Crippen molar-refractivity contribution in [3.8, 4) is 0 Å². The average Bonchev–Trinajstić information content (AvgIpc) is 2.34. The SMILES string of the molecule is N=Nc1c(S(=O)(=O)O)c(S(=O)(=O)O)cc2ccccc12. The van der Waals surface area contributed by atoms with Gasteiger partial charge in [-0.3, -0.25) is 9.11 Å². The van der Waals surface area contributed by atoms with Gasteiger partial charge >= 0.3 is 0 Å². The van der Waals surface area contributed by atoms with Gasteiger partial charge in [0.2, 0.25) is 0 Å². The second-order valence-electron chi connectivity index (χ2n) is 3.84. The van der Waals surface area contributed by atoms with E-state index in [2.05, 4.69) is 5.11 Å². The third-order valence-electron chi connectivity index (χ3n) is 2.59. The van der Waals surface area contributed by atoms with Crippen molar-refractivity contribution in [3.63, 3.8) is 0 Å². The lowest BCUT2D eigenvalue weighted by Crippen LogP contribution is -2.09. The Hall–Kier alpha value is -1.88. The van der Waals surface area contributed by atoms with Crippen LogP contribution in [-0.4, -0.2) is 25.9 Å². The standard InChI is InChI=1S/C10H8N2O6S2/c11-12-9-7-4-2-1-3-6(7)5-8(19(13,14)15)10(9)20(16,17)18/h1-5,11H,(H,13,14,15)(H,16,17,18). The molecule has 0 fully saturated rings. The third kappa shape index (κ3) is 2.41. The van der Waals surface area contributed by atoms with Crippen LogP contribution >= 0.6 is 0 Å². The van der Waals surface area contributed by atoms with Gasteiger partial charge in [-0.25, -0.2) is 5.53 Å². The van der Waals surface area contributed by atoms with Gasteiger partial charge in [-0.15, -0.1) is 0 Å². The van der Waals surface area contributed by atoms with Crippen LogP contribution in [-0.2, 0) is 20.2 Å². The van der Waals surface area contributed by atoms with Crippen LogP contribution in [0.2, 0.25) is 0 Å². The van der Waals surface area contributed by atoms with Gasteiger partial charge in [-0.2, -0.15) is 21.9 Å². The van der Waals surface area contributed by atoms with Crippen molar-refractivity contribution in [3.05, 3.63) is 30.3 Å². The fourth-order valence-electron chi connectivity index (χ4n) is 1.84. The monoisotopic (exact) mass is 316 g/mol. The van der Waals surface area contributed by atoms with Crippen molar-refractivity contribution in [2.45, 2.75) is 9.79 Å². The van der Waals surface area contributed by atoms with Crippen LogP contribution in [0.5, 0.6) is 0 Å². The summed E-state index contributed by atoms with van der Waals surface area (Å²) in [6.45, 7) is 0. The summed E-state index contributed by atoms with van der Waals surface area (Å²) in [4.78, 5) is -2.14. The summed E-state index contributed by atoms with van der Waals surface area (Å²) in [7, 11) is -9.93. The number of nitrogens with one attached hydrogen (secondary N) is 1. The Labute approximate surface area is 114 Å². The molecule has 3 N–H and O–H groups in total. The molecule has 8 nitrogen and oxygen atoms in total. The predicted molar refractivity (Wildman–Crippen MR) is 68.4 cm³/mol. The molecule has 0 saturated heterocycles. The molecule has 0 aliphatic rings. The smallest absolute Gasteiger partial charge is 0.282 e. The normalized spacial score (nSPS) is 12.5. The first-order chi connectivity index (χ1) is 9.16. The van der Waals surface area contributed by atoms with E-state index in [0.29, 0.717) is 0 Å². The van der Waals surface area contributed by atoms with Crippen LogP contribution in [0.25, 0.3) is 10.8 Å². The molecule has 0 atom stereocenters. The fourth-order valence-corrected chi connectivity index (χ4v) is 3.79. The topological polar surface area (TPSA) is 145 Å². The van der Waals surface area contributed by atoms with Gasteiger partial charge in [0.25, 0.3) is 20.2 Å². The molecule has 106 valence electrons. The maximum absolute atomic E-state index is 11.4. The lowest BCUT2D eigenvalue weighted by Gasteiger charge is -2.10. The highest BCUT2D eigenvalue weighted by molar-refractivity contribution is 7.89. The van der Waals surface area contributed by atoms with E-state index >= 15 is 0 Å². The first-order valence-corrected chi connectivity index (χ1v) is 7.92. The first-order valence-electron chi connectivity index (χ1n) is 5.04. The summed E-state index contributed by atoms with van der Waals surface area (Å²) in [5.74, 6) is 0. The van der Waals surface area contributed by atoms with Crippen LogP contribution in [0.15, 0.2) is 45.2 Å². The largest absolute Gasteiger partial charge is 0.298 e. The van der Waals surface area contributed by atoms with Crippen LogP contribution < -0.4 is 0 Å². The molecule has 2 aromatic rings. The van der Waals surface area contributed by atoms with E-state index in [1.54, 1.807) is 6.07 Å². The Morgan fingerprint density at radius 1 is 1.00 bits per heavy atom. The van der Waals surface area contributed by atoms with Crippen molar-refractivity contribution in [2.75, 3.05) is 0 Å². The van der Waals surface area contributed by atoms with E-state index in [1.807, 2.05) is 0 Å². The van der Waals surface area contributed by atoms with E-state index in [-0.39, 0.29) is 10.8 Å². The van der Waals surface area contributed by atoms with Crippen molar-refractivity contribution < 1.29 is 25.9 Å². The molecular weight excluding hydrogens is 308 g/mol. The predicted octanol–water partition coefficient (Wildman–Crippen LogP) is 2.00. The van der Waals surface area contributed by atoms with Crippen molar-refractivity contribution in [2.24, 2.45) is 5.11 Å². The van der Waals surface area contributed by atoms with Gasteiger partial charge in [0, 0.05) is 5.39 Å². The zero-order chi connectivity index (χ0) is 15.1. The summed E-state index contributed by atoms with van der Waals surface area (Å²) >= 11 is 0. The molecule has 20 heavy (non-hydrogen) atoms. The number of hydrogen-bond acceptors (Lipinski definition) is 6. The molecule has 0 spiro atoms. The van der Waals surface area contributed by atoms with Crippen molar-refractivity contribution in [1.82, 2.24) is 0 Å². The molecule has 10 heteroatoms. The van der Waals surface area contributed by atoms with Crippen molar-refractivity contribution in [1.29, 1.82) is 5.53 Å². The minimum absolute atomic E-state index is 0.155. The number of benzene rings is 2. The molecule has 0 saturated carbocycles. The van der Waals surface area contributed by atoms with E-state index in [4.69, 9.17) is 14.6 Å². The summed E-state index contributed by atoms with van der Waals surface area (Å²) in [6.07, 6.45) is 0. The molecule has 0 unspecified atom stereocenters. The molecule has 0 aliphatic carbocycles. The van der Waals surface area contributed by atoms with E-state index in [9.17, 15) is 16.8 Å². The number of nitrogens with zero attached hydrogens (tertiary/aromatic N) is 1. The van der Waals surface area contributed by atoms with Gasteiger partial charge in [0.05, 0.1) is 0 Å². The minimum atomic E-state index is -5.00. The summed E-state index contributed by atoms with van der Waals surface area (Å²) in [5, 5.41) is 3.38. The average molecular weight is 316 g/mol. The Kier molecular flexibility index (Phi) is 3.34. The van der Waals surface area contributed by atoms with Gasteiger partial charge in [-0.1, -0.05) is 24.3 Å². The lowest BCUT2D eigenvalue weighted by molar-refractivity contribution is 0.467. The summed E-state index contributed by atoms with van der Waals surface area (Å²) in [5.41, 5.74) is 6.46. The Morgan fingerprint density at radius 3 is 2.10 bits per heavy atom. The number of rotatable bonds is 3. The molecular formula is C10H8N2O6S2. The van der Waals surface area contributed by atoms with Gasteiger partial charge in [-0.05, 0) is 11.5 Å². The molecule has 0 amide bonds. The Bertz CT molecular complexity index is 918. The molecule has 0 radical (unpaired) electrons. The first kappa shape index (κ1) is 14.5. The zero-order valence-electron chi connectivity index (χ0n) is 9.68. The second-order valence-corrected chi connectivity index (χ2v) is 6.58. The van der Waals surface area contributed by atoms with E-state index in [1.165, 1.54) is 18.2 Å². The third-order valence-corrected chi connectivity index (χ3v) is 4.53. The van der Waals surface area contributed by atoms with E-state index in [0.717, 1.165) is 6.07 Å². The minimum Gasteiger partial charge on any atom is -0.282 e. The Balaban J connectivity index is 3.18. The van der Waals surface area contributed by atoms with Crippen LogP contribution in [0.3, 0.4) is 0 Å². The van der Waals surface area contributed by atoms with Gasteiger partial charge in [0.15, 0.2) is 0 Å². The highest BCUT2D eigenvalue weighted by Crippen LogP contribution is 2.38. The van der Waals surface area contributed by atoms with Crippen LogP contribution in [0.1, 0.15) is 0 Å². The Morgan fingerprint density at radius 2 is 1.60 bits per heavy atom. The molecule has 2 aromatic carbocycles. The summed E-state index contributed by atoms with van der Waals surface area (Å²) < 4.78 is 63.6. The van der Waals surface area contributed by atoms with Gasteiger partial charge < -0.3 is 0 Å². The van der Waals surface area contributed by atoms with Gasteiger partial charge in [0.1, 0.15) is 15.5 Å². The number of fused-ring (bicyclic) bond motifs is 1. The zero-order valence-corrected chi connectivity index (χ0v) is 11.3. The second kappa shape index (κ2) is 4.59. The lowest BCUT2D eigenvalue weighted by atomic mass is 10.1. The molecule has 0 aliphatic heterocycles. The quantitative estimate of drug-likeness (QED) is 0.583. The van der Waals surface area contributed by atoms with Crippen LogP contribution in [0.4, 0.5) is 5.69 Å². The highest BCUT2D eigenvalue weighted by Gasteiger charge is 2.29. The molecule has 0 heterocycles. The molecule has 0 bridgehead atoms. The van der Waals surface area contributed by atoms with Crippen LogP contribution in [0, 0.1) is 5.53 Å². The maximum Gasteiger partial charge on any atom is 0.298 e.